The molecular weight excluding hydrogens is 226 g/mol. The molecule has 18 heavy (non-hydrogen) atoms. The van der Waals surface area contributed by atoms with E-state index in [2.05, 4.69) is 18.0 Å². The number of carboxylic acid groups (broad SMARTS) is 1. The van der Waals surface area contributed by atoms with E-state index in [9.17, 15) is 9.90 Å². The smallest absolute Gasteiger partial charge is 0.314 e. The van der Waals surface area contributed by atoms with Gasteiger partial charge in [-0.15, -0.1) is 0 Å². The Hall–Kier alpha value is -1.35. The summed E-state index contributed by atoms with van der Waals surface area (Å²) < 4.78 is 0. The molecule has 1 saturated carbocycles. The minimum atomic E-state index is -0.652. The summed E-state index contributed by atoms with van der Waals surface area (Å²) in [5, 5.41) is 9.47. The second-order valence-corrected chi connectivity index (χ2v) is 5.72. The van der Waals surface area contributed by atoms with Crippen molar-refractivity contribution in [2.45, 2.75) is 30.6 Å². The summed E-state index contributed by atoms with van der Waals surface area (Å²) in [5.74, 6) is -0.149. The molecule has 0 aromatic heterocycles. The fourth-order valence-corrected chi connectivity index (χ4v) is 3.20. The minimum absolute atomic E-state index is 0.503. The molecule has 96 valence electrons. The predicted molar refractivity (Wildman–Crippen MR) is 69.8 cm³/mol. The van der Waals surface area contributed by atoms with Crippen molar-refractivity contribution >= 4 is 5.97 Å². The first kappa shape index (κ1) is 11.7. The summed E-state index contributed by atoms with van der Waals surface area (Å²) in [4.78, 5) is 13.8. The Bertz CT molecular complexity index is 479. The SMILES string of the molecule is CN1CCC(c2ccccc2C2(C(=O)O)CC2)C1. The third-order valence-corrected chi connectivity index (χ3v) is 4.47. The highest BCUT2D eigenvalue weighted by atomic mass is 16.4. The second kappa shape index (κ2) is 4.09. The Kier molecular flexibility index (Phi) is 2.67. The number of carboxylic acids is 1. The lowest BCUT2D eigenvalue weighted by Crippen LogP contribution is -2.22. The summed E-state index contributed by atoms with van der Waals surface area (Å²) in [6, 6.07) is 8.16. The fraction of sp³-hybridized carbons (Fsp3) is 0.533. The Morgan fingerprint density at radius 3 is 2.67 bits per heavy atom. The van der Waals surface area contributed by atoms with E-state index >= 15 is 0 Å². The molecule has 0 spiro atoms. The van der Waals surface area contributed by atoms with Gasteiger partial charge < -0.3 is 10.0 Å². The van der Waals surface area contributed by atoms with Gasteiger partial charge >= 0.3 is 5.97 Å². The molecule has 0 bridgehead atoms. The third kappa shape index (κ3) is 1.74. The maximum absolute atomic E-state index is 11.5. The van der Waals surface area contributed by atoms with E-state index in [1.165, 1.54) is 5.56 Å². The van der Waals surface area contributed by atoms with Crippen molar-refractivity contribution in [2.24, 2.45) is 0 Å². The average molecular weight is 245 g/mol. The molecule has 1 aliphatic carbocycles. The summed E-state index contributed by atoms with van der Waals surface area (Å²) >= 11 is 0. The van der Waals surface area contributed by atoms with Gasteiger partial charge in [0.15, 0.2) is 0 Å². The molecular formula is C15H19NO2. The van der Waals surface area contributed by atoms with Gasteiger partial charge in [0.2, 0.25) is 0 Å². The van der Waals surface area contributed by atoms with Gasteiger partial charge in [-0.3, -0.25) is 4.79 Å². The maximum Gasteiger partial charge on any atom is 0.314 e. The summed E-state index contributed by atoms with van der Waals surface area (Å²) in [5.41, 5.74) is 1.76. The molecule has 1 N–H and O–H groups in total. The number of hydrogen-bond donors (Lipinski definition) is 1. The van der Waals surface area contributed by atoms with Gasteiger partial charge in [-0.1, -0.05) is 24.3 Å². The van der Waals surface area contributed by atoms with E-state index in [1.54, 1.807) is 0 Å². The number of likely N-dealkylation sites (N-methyl/N-ethyl adjacent to an activating group) is 1. The van der Waals surface area contributed by atoms with Gasteiger partial charge in [-0.2, -0.15) is 0 Å². The van der Waals surface area contributed by atoms with Gasteiger partial charge in [0.1, 0.15) is 0 Å². The van der Waals surface area contributed by atoms with Crippen LogP contribution in [0.2, 0.25) is 0 Å². The monoisotopic (exact) mass is 245 g/mol. The number of likely N-dealkylation sites (tertiary alicyclic amines) is 1. The molecule has 1 unspecified atom stereocenters. The number of benzene rings is 1. The maximum atomic E-state index is 11.5. The van der Waals surface area contributed by atoms with Crippen molar-refractivity contribution in [2.75, 3.05) is 20.1 Å². The molecule has 0 radical (unpaired) electrons. The lowest BCUT2D eigenvalue weighted by Gasteiger charge is -2.20. The van der Waals surface area contributed by atoms with Crippen LogP contribution in [-0.4, -0.2) is 36.1 Å². The van der Waals surface area contributed by atoms with Gasteiger partial charge in [-0.25, -0.2) is 0 Å². The van der Waals surface area contributed by atoms with E-state index in [-0.39, 0.29) is 0 Å². The standard InChI is InChI=1S/C15H19NO2/c1-16-9-6-11(10-16)12-4-2-3-5-13(12)15(7-8-15)14(17)18/h2-5,11H,6-10H2,1H3,(H,17,18). The van der Waals surface area contributed by atoms with Crippen molar-refractivity contribution in [1.29, 1.82) is 0 Å². The van der Waals surface area contributed by atoms with Crippen molar-refractivity contribution in [3.8, 4) is 0 Å². The van der Waals surface area contributed by atoms with Crippen molar-refractivity contribution in [3.05, 3.63) is 35.4 Å². The Labute approximate surface area is 107 Å². The van der Waals surface area contributed by atoms with Gasteiger partial charge in [0.05, 0.1) is 5.41 Å². The molecule has 1 aromatic carbocycles. The molecule has 0 amide bonds. The number of aliphatic carboxylic acids is 1. The third-order valence-electron chi connectivity index (χ3n) is 4.47. The van der Waals surface area contributed by atoms with Crippen molar-refractivity contribution < 1.29 is 9.90 Å². The molecule has 3 heteroatoms. The molecule has 1 heterocycles. The number of hydrogen-bond acceptors (Lipinski definition) is 2. The number of nitrogens with zero attached hydrogens (tertiary/aromatic N) is 1. The first-order chi connectivity index (χ1) is 8.63. The van der Waals surface area contributed by atoms with E-state index in [0.29, 0.717) is 5.92 Å². The lowest BCUT2D eigenvalue weighted by atomic mass is 9.85. The molecule has 1 saturated heterocycles. The molecule has 1 aromatic rings. The largest absolute Gasteiger partial charge is 0.481 e. The zero-order valence-electron chi connectivity index (χ0n) is 10.7. The van der Waals surface area contributed by atoms with Gasteiger partial charge in [-0.05, 0) is 49.9 Å². The minimum Gasteiger partial charge on any atom is -0.481 e. The molecule has 1 aliphatic heterocycles. The topological polar surface area (TPSA) is 40.5 Å². The second-order valence-electron chi connectivity index (χ2n) is 5.72. The first-order valence-electron chi connectivity index (χ1n) is 6.65. The summed E-state index contributed by atoms with van der Waals surface area (Å²) in [7, 11) is 2.13. The van der Waals surface area contributed by atoms with Crippen LogP contribution in [0.3, 0.4) is 0 Å². The molecule has 3 nitrogen and oxygen atoms in total. The fourth-order valence-electron chi connectivity index (χ4n) is 3.20. The van der Waals surface area contributed by atoms with Crippen LogP contribution in [0.5, 0.6) is 0 Å². The van der Waals surface area contributed by atoms with Crippen LogP contribution < -0.4 is 0 Å². The number of rotatable bonds is 3. The van der Waals surface area contributed by atoms with Crippen LogP contribution in [0.25, 0.3) is 0 Å². The molecule has 3 rings (SSSR count). The first-order valence-corrected chi connectivity index (χ1v) is 6.65. The Morgan fingerprint density at radius 1 is 1.39 bits per heavy atom. The van der Waals surface area contributed by atoms with Gasteiger partial charge in [0, 0.05) is 6.54 Å². The summed E-state index contributed by atoms with van der Waals surface area (Å²) in [6.45, 7) is 2.16. The Morgan fingerprint density at radius 2 is 2.11 bits per heavy atom. The van der Waals surface area contributed by atoms with E-state index in [0.717, 1.165) is 37.9 Å². The zero-order chi connectivity index (χ0) is 12.8. The molecule has 2 aliphatic rings. The van der Waals surface area contributed by atoms with E-state index in [4.69, 9.17) is 0 Å². The highest BCUT2D eigenvalue weighted by Crippen LogP contribution is 2.51. The molecule has 1 atom stereocenters. The quantitative estimate of drug-likeness (QED) is 0.887. The zero-order valence-corrected chi connectivity index (χ0v) is 10.7. The van der Waals surface area contributed by atoms with Crippen molar-refractivity contribution in [1.82, 2.24) is 4.90 Å². The van der Waals surface area contributed by atoms with E-state index in [1.807, 2.05) is 18.2 Å². The van der Waals surface area contributed by atoms with Crippen molar-refractivity contribution in [3.63, 3.8) is 0 Å². The predicted octanol–water partition coefficient (Wildman–Crippen LogP) is 2.22. The highest BCUT2D eigenvalue weighted by Gasteiger charge is 2.53. The lowest BCUT2D eigenvalue weighted by molar-refractivity contribution is -0.140. The average Bonchev–Trinajstić information content (AvgIpc) is 3.07. The van der Waals surface area contributed by atoms with Crippen LogP contribution in [0, 0.1) is 0 Å². The van der Waals surface area contributed by atoms with Crippen LogP contribution in [0.4, 0.5) is 0 Å². The number of carbonyl (C=O) groups is 1. The van der Waals surface area contributed by atoms with Crippen LogP contribution in [-0.2, 0) is 10.2 Å². The molecule has 2 fully saturated rings. The van der Waals surface area contributed by atoms with Crippen LogP contribution in [0.15, 0.2) is 24.3 Å². The summed E-state index contributed by atoms with van der Waals surface area (Å²) in [6.07, 6.45) is 2.73. The van der Waals surface area contributed by atoms with Crippen LogP contribution in [0.1, 0.15) is 36.3 Å². The van der Waals surface area contributed by atoms with Gasteiger partial charge in [0.25, 0.3) is 0 Å². The highest BCUT2D eigenvalue weighted by molar-refractivity contribution is 5.85. The normalized spacial score (nSPS) is 26.2. The van der Waals surface area contributed by atoms with Crippen LogP contribution >= 0.6 is 0 Å². The van der Waals surface area contributed by atoms with E-state index < -0.39 is 11.4 Å². The Balaban J connectivity index is 1.98.